The molecule has 0 unspecified atom stereocenters. The van der Waals surface area contributed by atoms with Crippen LogP contribution in [0.2, 0.25) is 5.02 Å². The number of rotatable bonds is 6. The summed E-state index contributed by atoms with van der Waals surface area (Å²) in [5.74, 6) is -0.462. The molecule has 0 aliphatic carbocycles. The van der Waals surface area contributed by atoms with Crippen LogP contribution in [0.1, 0.15) is 19.4 Å². The molecule has 0 atom stereocenters. The Balaban J connectivity index is 3.11. The molecule has 3 nitrogen and oxygen atoms in total. The van der Waals surface area contributed by atoms with Crippen LogP contribution in [0.25, 0.3) is 6.08 Å². The third-order valence-electron chi connectivity index (χ3n) is 2.10. The van der Waals surface area contributed by atoms with Crippen LogP contribution < -0.4 is 0 Å². The van der Waals surface area contributed by atoms with E-state index in [1.54, 1.807) is 13.8 Å². The summed E-state index contributed by atoms with van der Waals surface area (Å²) in [6.07, 6.45) is 1.36. The Kier molecular flexibility index (Phi) is 6.51. The molecule has 0 fully saturated rings. The van der Waals surface area contributed by atoms with E-state index in [1.807, 2.05) is 0 Å². The summed E-state index contributed by atoms with van der Waals surface area (Å²) in [4.78, 5) is 0. The lowest BCUT2D eigenvalue weighted by atomic mass is 10.2. The molecule has 0 aromatic heterocycles. The van der Waals surface area contributed by atoms with Crippen molar-refractivity contribution in [2.45, 2.75) is 13.8 Å². The molecule has 0 heterocycles. The summed E-state index contributed by atoms with van der Waals surface area (Å²) in [7, 11) is -3.53. The Bertz CT molecular complexity index is 510. The van der Waals surface area contributed by atoms with Crippen molar-refractivity contribution in [2.75, 3.05) is 13.2 Å². The molecule has 0 saturated carbocycles. The first-order valence-corrected chi connectivity index (χ1v) is 7.94. The quantitative estimate of drug-likeness (QED) is 0.667. The van der Waals surface area contributed by atoms with Gasteiger partial charge in [-0.25, -0.2) is 4.39 Å². The molecule has 1 aromatic rings. The van der Waals surface area contributed by atoms with Gasteiger partial charge in [0, 0.05) is 0 Å². The van der Waals surface area contributed by atoms with Gasteiger partial charge in [-0.3, -0.25) is 4.57 Å². The van der Waals surface area contributed by atoms with Crippen molar-refractivity contribution in [3.8, 4) is 0 Å². The molecule has 19 heavy (non-hydrogen) atoms. The van der Waals surface area contributed by atoms with E-state index in [9.17, 15) is 8.96 Å². The van der Waals surface area contributed by atoms with Gasteiger partial charge in [0.05, 0.1) is 18.2 Å². The molecular formula is C12H14Cl2FO3P. The van der Waals surface area contributed by atoms with Gasteiger partial charge in [-0.05, 0) is 37.6 Å². The van der Waals surface area contributed by atoms with Crippen molar-refractivity contribution >= 4 is 36.9 Å². The molecular weight excluding hydrogens is 313 g/mol. The minimum absolute atomic E-state index is 0.0929. The van der Waals surface area contributed by atoms with Crippen molar-refractivity contribution in [1.29, 1.82) is 0 Å². The third kappa shape index (κ3) is 4.59. The maximum Gasteiger partial charge on any atom is 0.372 e. The number of hydrogen-bond acceptors (Lipinski definition) is 3. The van der Waals surface area contributed by atoms with Gasteiger partial charge in [-0.1, -0.05) is 29.3 Å². The molecule has 0 N–H and O–H groups in total. The van der Waals surface area contributed by atoms with Crippen LogP contribution in [0.5, 0.6) is 0 Å². The van der Waals surface area contributed by atoms with E-state index in [0.717, 1.165) is 6.07 Å². The van der Waals surface area contributed by atoms with Crippen LogP contribution in [-0.2, 0) is 13.6 Å². The van der Waals surface area contributed by atoms with E-state index in [4.69, 9.17) is 32.2 Å². The number of benzene rings is 1. The predicted octanol–water partition coefficient (Wildman–Crippen LogP) is 5.28. The predicted molar refractivity (Wildman–Crippen MR) is 76.1 cm³/mol. The Morgan fingerprint density at radius 2 is 1.95 bits per heavy atom. The first kappa shape index (κ1) is 16.7. The molecule has 0 amide bonds. The van der Waals surface area contributed by atoms with Crippen LogP contribution in [0.3, 0.4) is 0 Å². The molecule has 0 aliphatic rings. The smallest absolute Gasteiger partial charge is 0.305 e. The highest BCUT2D eigenvalue weighted by molar-refractivity contribution is 7.61. The van der Waals surface area contributed by atoms with Gasteiger partial charge in [0.2, 0.25) is 0 Å². The van der Waals surface area contributed by atoms with Crippen molar-refractivity contribution in [2.24, 2.45) is 0 Å². The highest BCUT2D eigenvalue weighted by Crippen LogP contribution is 2.58. The normalized spacial score (nSPS) is 12.8. The van der Waals surface area contributed by atoms with Crippen LogP contribution in [0.15, 0.2) is 23.0 Å². The van der Waals surface area contributed by atoms with Gasteiger partial charge < -0.3 is 9.05 Å². The summed E-state index contributed by atoms with van der Waals surface area (Å²) in [5.41, 5.74) is 0.438. The minimum atomic E-state index is -3.53. The van der Waals surface area contributed by atoms with Crippen molar-refractivity contribution in [3.05, 3.63) is 39.4 Å². The fourth-order valence-electron chi connectivity index (χ4n) is 1.33. The van der Waals surface area contributed by atoms with Gasteiger partial charge in [0.1, 0.15) is 10.6 Å². The van der Waals surface area contributed by atoms with Crippen LogP contribution in [0, 0.1) is 5.82 Å². The number of halogens is 3. The van der Waals surface area contributed by atoms with Crippen molar-refractivity contribution < 1.29 is 18.0 Å². The van der Waals surface area contributed by atoms with Crippen LogP contribution in [0.4, 0.5) is 4.39 Å². The van der Waals surface area contributed by atoms with Crippen molar-refractivity contribution in [3.63, 3.8) is 0 Å². The molecule has 0 saturated heterocycles. The highest BCUT2D eigenvalue weighted by Gasteiger charge is 2.28. The third-order valence-corrected chi connectivity index (χ3v) is 5.00. The molecule has 0 aliphatic heterocycles. The van der Waals surface area contributed by atoms with Crippen molar-refractivity contribution in [1.82, 2.24) is 0 Å². The monoisotopic (exact) mass is 326 g/mol. The summed E-state index contributed by atoms with van der Waals surface area (Å²) < 4.78 is 35.3. The molecule has 0 bridgehead atoms. The number of hydrogen-bond donors (Lipinski definition) is 0. The van der Waals surface area contributed by atoms with E-state index in [-0.39, 0.29) is 23.0 Å². The highest BCUT2D eigenvalue weighted by atomic mass is 35.5. The van der Waals surface area contributed by atoms with Crippen LogP contribution in [-0.4, -0.2) is 13.2 Å². The first-order chi connectivity index (χ1) is 8.92. The van der Waals surface area contributed by atoms with Gasteiger partial charge in [0.25, 0.3) is 0 Å². The van der Waals surface area contributed by atoms with Crippen LogP contribution >= 0.6 is 30.8 Å². The average Bonchev–Trinajstić information content (AvgIpc) is 2.33. The second kappa shape index (κ2) is 7.41. The lowest BCUT2D eigenvalue weighted by Gasteiger charge is -2.16. The Morgan fingerprint density at radius 1 is 1.37 bits per heavy atom. The van der Waals surface area contributed by atoms with E-state index < -0.39 is 13.4 Å². The fourth-order valence-corrected chi connectivity index (χ4v) is 3.26. The zero-order chi connectivity index (χ0) is 14.5. The Hall–Kier alpha value is -0.380. The van der Waals surface area contributed by atoms with Gasteiger partial charge in [-0.15, -0.1) is 0 Å². The Morgan fingerprint density at radius 3 is 2.42 bits per heavy atom. The molecule has 0 spiro atoms. The minimum Gasteiger partial charge on any atom is -0.305 e. The maximum atomic E-state index is 12.9. The maximum absolute atomic E-state index is 12.9. The summed E-state index contributed by atoms with van der Waals surface area (Å²) >= 11 is 11.9. The molecule has 7 heteroatoms. The first-order valence-electron chi connectivity index (χ1n) is 5.65. The molecule has 106 valence electrons. The largest absolute Gasteiger partial charge is 0.372 e. The van der Waals surface area contributed by atoms with Gasteiger partial charge in [-0.2, -0.15) is 0 Å². The topological polar surface area (TPSA) is 35.5 Å². The summed E-state index contributed by atoms with van der Waals surface area (Å²) in [5, 5.41) is 0.165. The molecule has 1 rings (SSSR count). The Labute approximate surface area is 121 Å². The van der Waals surface area contributed by atoms with E-state index in [2.05, 4.69) is 0 Å². The van der Waals surface area contributed by atoms with Gasteiger partial charge >= 0.3 is 7.60 Å². The zero-order valence-corrected chi connectivity index (χ0v) is 12.9. The molecule has 0 radical (unpaired) electrons. The standard InChI is InChI=1S/C12H14Cl2FO3P/c1-3-17-19(16,18-4-2)12(14)7-9-5-6-10(15)8-11(9)13/h5-8H,3-4H2,1-2H3. The fraction of sp³-hybridized carbons (Fsp3) is 0.333. The SMILES string of the molecule is CCOP(=O)(OCC)C(Cl)=Cc1ccc(F)cc1Cl. The second-order valence-electron chi connectivity index (χ2n) is 3.47. The zero-order valence-electron chi connectivity index (χ0n) is 10.5. The van der Waals surface area contributed by atoms with Gasteiger partial charge in [0.15, 0.2) is 0 Å². The van der Waals surface area contributed by atoms with E-state index in [1.165, 1.54) is 18.2 Å². The van der Waals surface area contributed by atoms with E-state index in [0.29, 0.717) is 5.56 Å². The molecule has 1 aromatic carbocycles. The van der Waals surface area contributed by atoms with E-state index >= 15 is 0 Å². The summed E-state index contributed by atoms with van der Waals surface area (Å²) in [6, 6.07) is 3.81. The lowest BCUT2D eigenvalue weighted by Crippen LogP contribution is -1.95. The average molecular weight is 327 g/mol. The lowest BCUT2D eigenvalue weighted by molar-refractivity contribution is 0.228. The second-order valence-corrected chi connectivity index (χ2v) is 6.54. The summed E-state index contributed by atoms with van der Waals surface area (Å²) in [6.45, 7) is 3.75.